The van der Waals surface area contributed by atoms with Crippen molar-refractivity contribution in [3.8, 4) is 0 Å². The van der Waals surface area contributed by atoms with E-state index in [0.29, 0.717) is 26.2 Å². The first kappa shape index (κ1) is 26.4. The first-order chi connectivity index (χ1) is 18.1. The zero-order chi connectivity index (χ0) is 27.2. The maximum absolute atomic E-state index is 14.6. The van der Waals surface area contributed by atoms with E-state index in [1.807, 2.05) is 32.1 Å². The third-order valence-electron chi connectivity index (χ3n) is 7.90. The minimum absolute atomic E-state index is 0.0321. The van der Waals surface area contributed by atoms with E-state index in [0.717, 1.165) is 35.1 Å². The Morgan fingerprint density at radius 1 is 1.13 bits per heavy atom. The molecule has 2 aliphatic carbocycles. The quantitative estimate of drug-likeness (QED) is 0.433. The van der Waals surface area contributed by atoms with Crippen LogP contribution in [0.3, 0.4) is 0 Å². The second kappa shape index (κ2) is 10.1. The summed E-state index contributed by atoms with van der Waals surface area (Å²) in [5.41, 5.74) is 9.53. The molecule has 204 valence electrons. The summed E-state index contributed by atoms with van der Waals surface area (Å²) < 4.78 is 40.6. The van der Waals surface area contributed by atoms with Crippen LogP contribution in [0, 0.1) is 37.4 Å². The van der Waals surface area contributed by atoms with E-state index in [1.54, 1.807) is 11.2 Å². The van der Waals surface area contributed by atoms with Gasteiger partial charge in [-0.15, -0.1) is 0 Å². The third-order valence-corrected chi connectivity index (χ3v) is 9.78. The number of fused-ring (bicyclic) bond motifs is 2. The predicted octanol–water partition coefficient (Wildman–Crippen LogP) is 2.54. The SMILES string of the molecule is CCS(=O)(=O)N1CCN(c2c(C)cc(Nc3ncc(F)c(N[C@H]4[C@@H](C(N)=O)[C@@H]5C=C[C@H]4C5)n3)cc2C)CC1. The lowest BCUT2D eigenvalue weighted by molar-refractivity contribution is -0.122. The van der Waals surface area contributed by atoms with Gasteiger partial charge in [-0.3, -0.25) is 4.79 Å². The molecule has 1 amide bonds. The molecule has 1 saturated heterocycles. The second-order valence-electron chi connectivity index (χ2n) is 10.3. The van der Waals surface area contributed by atoms with Gasteiger partial charge >= 0.3 is 0 Å². The minimum Gasteiger partial charge on any atom is -0.369 e. The van der Waals surface area contributed by atoms with E-state index in [9.17, 15) is 17.6 Å². The molecule has 5 rings (SSSR count). The van der Waals surface area contributed by atoms with Crippen molar-refractivity contribution in [1.82, 2.24) is 14.3 Å². The van der Waals surface area contributed by atoms with Crippen LogP contribution in [0.1, 0.15) is 24.5 Å². The Labute approximate surface area is 222 Å². The Morgan fingerprint density at radius 2 is 1.79 bits per heavy atom. The Kier molecular flexibility index (Phi) is 7.03. The maximum Gasteiger partial charge on any atom is 0.229 e. The second-order valence-corrected chi connectivity index (χ2v) is 12.6. The fourth-order valence-corrected chi connectivity index (χ4v) is 7.21. The number of rotatable bonds is 8. The van der Waals surface area contributed by atoms with Crippen molar-refractivity contribution in [2.24, 2.45) is 23.5 Å². The lowest BCUT2D eigenvalue weighted by Crippen LogP contribution is -2.49. The summed E-state index contributed by atoms with van der Waals surface area (Å²) in [4.78, 5) is 22.7. The van der Waals surface area contributed by atoms with E-state index in [4.69, 9.17) is 5.73 Å². The van der Waals surface area contributed by atoms with Gasteiger partial charge in [-0.1, -0.05) is 12.2 Å². The summed E-state index contributed by atoms with van der Waals surface area (Å²) >= 11 is 0. The number of anilines is 4. The topological polar surface area (TPSA) is 134 Å². The number of nitrogens with two attached hydrogens (primary N) is 1. The van der Waals surface area contributed by atoms with Gasteiger partial charge < -0.3 is 21.3 Å². The molecule has 0 unspecified atom stereocenters. The molecule has 4 N–H and O–H groups in total. The van der Waals surface area contributed by atoms with Gasteiger partial charge in [0.2, 0.25) is 21.9 Å². The van der Waals surface area contributed by atoms with Gasteiger partial charge in [0.25, 0.3) is 0 Å². The van der Waals surface area contributed by atoms with Crippen molar-refractivity contribution < 1.29 is 17.6 Å². The molecule has 1 saturated carbocycles. The van der Waals surface area contributed by atoms with Gasteiger partial charge in [0.1, 0.15) is 0 Å². The standard InChI is InChI=1S/C26H34FN7O3S/c1-4-38(36,37)34-9-7-33(8-10-34)23-15(2)11-19(12-16(23)3)30-26-29-14-20(27)25(32-26)31-22-18-6-5-17(13-18)21(22)24(28)35/h5-6,11-12,14,17-18,21-22H,4,7-10,13H2,1-3H3,(H2,28,35)(H2,29,30,31,32)/t17-,18+,21+,22-/m1/s1. The van der Waals surface area contributed by atoms with Crippen LogP contribution in [0.5, 0.6) is 0 Å². The summed E-state index contributed by atoms with van der Waals surface area (Å²) in [7, 11) is -3.19. The first-order valence-electron chi connectivity index (χ1n) is 12.9. The summed E-state index contributed by atoms with van der Waals surface area (Å²) in [6, 6.07) is 3.64. The van der Waals surface area contributed by atoms with Crippen molar-refractivity contribution in [2.75, 3.05) is 47.5 Å². The predicted molar refractivity (Wildman–Crippen MR) is 145 cm³/mol. The Bertz CT molecular complexity index is 1350. The number of amides is 1. The van der Waals surface area contributed by atoms with Gasteiger partial charge in [0.05, 0.1) is 17.9 Å². The highest BCUT2D eigenvalue weighted by molar-refractivity contribution is 7.89. The monoisotopic (exact) mass is 543 g/mol. The fraction of sp³-hybridized carbons (Fsp3) is 0.500. The molecule has 2 heterocycles. The average Bonchev–Trinajstić information content (AvgIpc) is 3.48. The molecule has 2 fully saturated rings. The van der Waals surface area contributed by atoms with Crippen molar-refractivity contribution in [2.45, 2.75) is 33.2 Å². The molecule has 1 aromatic carbocycles. The molecule has 10 nitrogen and oxygen atoms in total. The Hall–Kier alpha value is -3.25. The molecular weight excluding hydrogens is 509 g/mol. The first-order valence-corrected chi connectivity index (χ1v) is 14.6. The fourth-order valence-electron chi connectivity index (χ4n) is 6.12. The number of nitrogens with zero attached hydrogens (tertiary/aromatic N) is 4. The number of hydrogen-bond acceptors (Lipinski definition) is 8. The van der Waals surface area contributed by atoms with Crippen LogP contribution in [-0.2, 0) is 14.8 Å². The molecule has 38 heavy (non-hydrogen) atoms. The number of carbonyl (C=O) groups excluding carboxylic acids is 1. The summed E-state index contributed by atoms with van der Waals surface area (Å²) in [6.45, 7) is 7.84. The van der Waals surface area contributed by atoms with Crippen molar-refractivity contribution in [3.63, 3.8) is 0 Å². The van der Waals surface area contributed by atoms with E-state index in [-0.39, 0.29) is 35.4 Å². The van der Waals surface area contributed by atoms with E-state index in [1.165, 1.54) is 0 Å². The van der Waals surface area contributed by atoms with Gasteiger partial charge in [-0.2, -0.15) is 9.29 Å². The number of carbonyl (C=O) groups is 1. The Balaban J connectivity index is 1.30. The minimum atomic E-state index is -3.19. The molecular formula is C26H34FN7O3S. The number of sulfonamides is 1. The lowest BCUT2D eigenvalue weighted by atomic mass is 9.88. The lowest BCUT2D eigenvalue weighted by Gasteiger charge is -2.37. The van der Waals surface area contributed by atoms with Crippen molar-refractivity contribution >= 4 is 39.1 Å². The molecule has 1 aromatic heterocycles. The third kappa shape index (κ3) is 4.94. The molecule has 2 bridgehead atoms. The van der Waals surface area contributed by atoms with Crippen LogP contribution >= 0.6 is 0 Å². The highest BCUT2D eigenvalue weighted by Gasteiger charge is 2.47. The van der Waals surface area contributed by atoms with Gasteiger partial charge in [-0.05, 0) is 62.3 Å². The summed E-state index contributed by atoms with van der Waals surface area (Å²) in [5, 5.41) is 6.29. The molecule has 1 aliphatic heterocycles. The van der Waals surface area contributed by atoms with Gasteiger partial charge in [0, 0.05) is 43.6 Å². The normalized spacial score (nSPS) is 25.1. The van der Waals surface area contributed by atoms with Gasteiger partial charge in [0.15, 0.2) is 11.6 Å². The highest BCUT2D eigenvalue weighted by Crippen LogP contribution is 2.45. The van der Waals surface area contributed by atoms with Crippen LogP contribution in [0.15, 0.2) is 30.5 Å². The maximum atomic E-state index is 14.6. The molecule has 0 spiro atoms. The molecule has 4 atom stereocenters. The smallest absolute Gasteiger partial charge is 0.229 e. The number of piperazine rings is 1. The van der Waals surface area contributed by atoms with Crippen molar-refractivity contribution in [1.29, 1.82) is 0 Å². The van der Waals surface area contributed by atoms with Crippen LogP contribution in [0.25, 0.3) is 0 Å². The number of aryl methyl sites for hydroxylation is 2. The molecule has 12 heteroatoms. The number of halogens is 1. The van der Waals surface area contributed by atoms with Crippen LogP contribution < -0.4 is 21.3 Å². The summed E-state index contributed by atoms with van der Waals surface area (Å²) in [6.07, 6.45) is 5.99. The summed E-state index contributed by atoms with van der Waals surface area (Å²) in [5.74, 6) is -0.857. The van der Waals surface area contributed by atoms with Crippen molar-refractivity contribution in [3.05, 3.63) is 47.4 Å². The number of hydrogen-bond donors (Lipinski definition) is 3. The van der Waals surface area contributed by atoms with Crippen LogP contribution in [-0.4, -0.2) is 66.6 Å². The van der Waals surface area contributed by atoms with Crippen LogP contribution in [0.2, 0.25) is 0 Å². The van der Waals surface area contributed by atoms with E-state index in [2.05, 4.69) is 31.6 Å². The number of benzene rings is 1. The largest absolute Gasteiger partial charge is 0.369 e. The average molecular weight is 544 g/mol. The zero-order valence-corrected chi connectivity index (χ0v) is 22.6. The number of allylic oxidation sites excluding steroid dienone is 1. The number of aromatic nitrogens is 2. The van der Waals surface area contributed by atoms with Gasteiger partial charge in [-0.25, -0.2) is 17.8 Å². The van der Waals surface area contributed by atoms with E-state index < -0.39 is 27.7 Å². The Morgan fingerprint density at radius 3 is 2.42 bits per heavy atom. The number of nitrogens with one attached hydrogen (secondary N) is 2. The highest BCUT2D eigenvalue weighted by atomic mass is 32.2. The number of primary amides is 1. The molecule has 2 aromatic rings. The molecule has 3 aliphatic rings. The van der Waals surface area contributed by atoms with E-state index >= 15 is 0 Å². The zero-order valence-electron chi connectivity index (χ0n) is 21.8. The van der Waals surface area contributed by atoms with Crippen LogP contribution in [0.4, 0.5) is 27.5 Å². The molecule has 0 radical (unpaired) electrons.